The Hall–Kier alpha value is -0.910. The van der Waals surface area contributed by atoms with E-state index in [4.69, 9.17) is 10.6 Å². The lowest BCUT2D eigenvalue weighted by Gasteiger charge is -2.16. The maximum absolute atomic E-state index is 12.8. The maximum Gasteiger partial charge on any atom is 0.308 e. The Morgan fingerprint density at radius 3 is 1.69 bits per heavy atom. The van der Waals surface area contributed by atoms with Crippen molar-refractivity contribution < 1.29 is 9.53 Å². The summed E-state index contributed by atoms with van der Waals surface area (Å²) in [5.74, 6) is 5.37. The highest BCUT2D eigenvalue weighted by molar-refractivity contribution is 5.72. The second kappa shape index (κ2) is 30.3. The molecule has 0 aromatic carbocycles. The molecule has 36 heavy (non-hydrogen) atoms. The summed E-state index contributed by atoms with van der Waals surface area (Å²) in [5.41, 5.74) is 5.38. The summed E-state index contributed by atoms with van der Waals surface area (Å²) in [6, 6.07) is 0. The van der Waals surface area contributed by atoms with E-state index in [0.717, 1.165) is 45.1 Å². The zero-order chi connectivity index (χ0) is 26.4. The molecule has 214 valence electrons. The number of hydrazine groups is 2. The SMILES string of the molecule is CCCCCCCCCC(CCCCCCC)C(=O)OCCCCC/C=C/CCCCCCNNN. The van der Waals surface area contributed by atoms with Gasteiger partial charge in [0.05, 0.1) is 12.5 Å². The number of carbonyl (C=O) groups excluding carboxylic acids is 1. The highest BCUT2D eigenvalue weighted by atomic mass is 16.5. The normalized spacial score (nSPS) is 12.4. The van der Waals surface area contributed by atoms with E-state index in [9.17, 15) is 4.79 Å². The molecule has 0 fully saturated rings. The van der Waals surface area contributed by atoms with E-state index in [2.05, 4.69) is 37.0 Å². The van der Waals surface area contributed by atoms with Gasteiger partial charge in [-0.2, -0.15) is 5.53 Å². The third kappa shape index (κ3) is 26.2. The van der Waals surface area contributed by atoms with Gasteiger partial charge in [-0.15, -0.1) is 0 Å². The number of nitrogens with one attached hydrogen (secondary N) is 2. The summed E-state index contributed by atoms with van der Waals surface area (Å²) >= 11 is 0. The molecule has 0 rings (SSSR count). The van der Waals surface area contributed by atoms with Crippen LogP contribution < -0.4 is 16.8 Å². The number of esters is 1. The molecule has 0 aromatic heterocycles. The van der Waals surface area contributed by atoms with E-state index in [0.29, 0.717) is 6.61 Å². The average molecular weight is 510 g/mol. The molecule has 0 radical (unpaired) electrons. The lowest BCUT2D eigenvalue weighted by atomic mass is 9.94. The smallest absolute Gasteiger partial charge is 0.308 e. The van der Waals surface area contributed by atoms with E-state index in [1.165, 1.54) is 109 Å². The van der Waals surface area contributed by atoms with Crippen molar-refractivity contribution >= 4 is 5.97 Å². The summed E-state index contributed by atoms with van der Waals surface area (Å²) in [7, 11) is 0. The number of hydrogen-bond donors (Lipinski definition) is 3. The van der Waals surface area contributed by atoms with Gasteiger partial charge in [0.25, 0.3) is 0 Å². The van der Waals surface area contributed by atoms with Crippen molar-refractivity contribution in [2.45, 2.75) is 162 Å². The first-order valence-electron chi connectivity index (χ1n) is 15.8. The van der Waals surface area contributed by atoms with Crippen LogP contribution in [0.3, 0.4) is 0 Å². The Bertz CT molecular complexity index is 471. The Labute approximate surface area is 225 Å². The van der Waals surface area contributed by atoms with Crippen molar-refractivity contribution in [1.29, 1.82) is 0 Å². The highest BCUT2D eigenvalue weighted by Crippen LogP contribution is 2.21. The number of unbranched alkanes of at least 4 members (excludes halogenated alkanes) is 17. The molecule has 0 saturated carbocycles. The molecule has 0 spiro atoms. The molecule has 0 aromatic rings. The minimum atomic E-state index is 0.0754. The molecule has 0 aliphatic rings. The minimum Gasteiger partial charge on any atom is -0.465 e. The molecule has 0 aliphatic heterocycles. The molecule has 4 N–H and O–H groups in total. The van der Waals surface area contributed by atoms with E-state index in [1.807, 2.05) is 0 Å². The number of nitrogens with two attached hydrogens (primary N) is 1. The van der Waals surface area contributed by atoms with Crippen molar-refractivity contribution in [3.8, 4) is 0 Å². The van der Waals surface area contributed by atoms with Crippen LogP contribution in [0, 0.1) is 5.92 Å². The Morgan fingerprint density at radius 1 is 0.667 bits per heavy atom. The predicted molar refractivity (Wildman–Crippen MR) is 156 cm³/mol. The molecule has 5 heteroatoms. The lowest BCUT2D eigenvalue weighted by Crippen LogP contribution is -2.38. The second-order valence-corrected chi connectivity index (χ2v) is 10.6. The molecule has 0 bridgehead atoms. The summed E-state index contributed by atoms with van der Waals surface area (Å²) < 4.78 is 5.73. The summed E-state index contributed by atoms with van der Waals surface area (Å²) in [6.45, 7) is 6.05. The number of rotatable bonds is 29. The first-order valence-corrected chi connectivity index (χ1v) is 15.8. The van der Waals surface area contributed by atoms with E-state index >= 15 is 0 Å². The number of hydrogen-bond acceptors (Lipinski definition) is 5. The van der Waals surface area contributed by atoms with Crippen LogP contribution in [-0.4, -0.2) is 19.1 Å². The van der Waals surface area contributed by atoms with Gasteiger partial charge >= 0.3 is 5.97 Å². The fourth-order valence-corrected chi connectivity index (χ4v) is 4.69. The van der Waals surface area contributed by atoms with Crippen LogP contribution in [0.15, 0.2) is 12.2 Å². The van der Waals surface area contributed by atoms with Gasteiger partial charge in [-0.1, -0.05) is 116 Å². The first kappa shape index (κ1) is 35.1. The van der Waals surface area contributed by atoms with Crippen LogP contribution in [0.5, 0.6) is 0 Å². The van der Waals surface area contributed by atoms with Crippen molar-refractivity contribution in [1.82, 2.24) is 11.0 Å². The highest BCUT2D eigenvalue weighted by Gasteiger charge is 2.19. The van der Waals surface area contributed by atoms with Gasteiger partial charge in [-0.05, 0) is 57.8 Å². The Morgan fingerprint density at radius 2 is 1.14 bits per heavy atom. The van der Waals surface area contributed by atoms with Gasteiger partial charge in [0.1, 0.15) is 0 Å². The predicted octanol–water partition coefficient (Wildman–Crippen LogP) is 8.68. The van der Waals surface area contributed by atoms with Crippen LogP contribution in [0.25, 0.3) is 0 Å². The average Bonchev–Trinajstić information content (AvgIpc) is 2.88. The van der Waals surface area contributed by atoms with Gasteiger partial charge in [0.15, 0.2) is 0 Å². The van der Waals surface area contributed by atoms with Crippen molar-refractivity contribution in [2.75, 3.05) is 13.2 Å². The molecule has 1 unspecified atom stereocenters. The van der Waals surface area contributed by atoms with Gasteiger partial charge in [-0.25, -0.2) is 5.43 Å². The van der Waals surface area contributed by atoms with Crippen LogP contribution in [0.2, 0.25) is 0 Å². The minimum absolute atomic E-state index is 0.0754. The van der Waals surface area contributed by atoms with Crippen molar-refractivity contribution in [2.24, 2.45) is 11.8 Å². The summed E-state index contributed by atoms with van der Waals surface area (Å²) in [5, 5.41) is 0. The molecular formula is C31H63N3O2. The van der Waals surface area contributed by atoms with Crippen LogP contribution in [0.4, 0.5) is 0 Å². The summed E-state index contributed by atoms with van der Waals surface area (Å²) in [6.07, 6.45) is 32.7. The Balaban J connectivity index is 3.87. The van der Waals surface area contributed by atoms with Gasteiger partial charge in [0.2, 0.25) is 0 Å². The standard InChI is InChI=1S/C31H63N3O2/c1-3-5-7-9-15-19-23-27-30(26-22-18-8-6-4-2)31(35)36-29-25-21-17-14-12-10-11-13-16-20-24-28-33-34-32/h10,12,30,33-34H,3-9,11,13-29,32H2,1-2H3/b12-10+. The quantitative estimate of drug-likeness (QED) is 0.0309. The first-order chi connectivity index (χ1) is 17.8. The topological polar surface area (TPSA) is 76.4 Å². The van der Waals surface area contributed by atoms with Gasteiger partial charge < -0.3 is 4.74 Å². The Kier molecular flexibility index (Phi) is 29.5. The zero-order valence-corrected chi connectivity index (χ0v) is 24.3. The molecule has 0 amide bonds. The van der Waals surface area contributed by atoms with Gasteiger partial charge in [-0.3, -0.25) is 10.6 Å². The number of allylic oxidation sites excluding steroid dienone is 2. The zero-order valence-electron chi connectivity index (χ0n) is 24.3. The van der Waals surface area contributed by atoms with Crippen LogP contribution >= 0.6 is 0 Å². The number of ether oxygens (including phenoxy) is 1. The fourth-order valence-electron chi connectivity index (χ4n) is 4.69. The molecule has 0 heterocycles. The van der Waals surface area contributed by atoms with E-state index in [-0.39, 0.29) is 11.9 Å². The largest absolute Gasteiger partial charge is 0.465 e. The van der Waals surface area contributed by atoms with E-state index in [1.54, 1.807) is 0 Å². The van der Waals surface area contributed by atoms with Crippen LogP contribution in [-0.2, 0) is 9.53 Å². The molecular weight excluding hydrogens is 446 g/mol. The molecule has 0 saturated heterocycles. The van der Waals surface area contributed by atoms with Crippen LogP contribution in [0.1, 0.15) is 162 Å². The van der Waals surface area contributed by atoms with Crippen molar-refractivity contribution in [3.63, 3.8) is 0 Å². The third-order valence-electron chi connectivity index (χ3n) is 7.10. The molecule has 1 atom stereocenters. The monoisotopic (exact) mass is 509 g/mol. The fraction of sp³-hybridized carbons (Fsp3) is 0.903. The number of carbonyl (C=O) groups is 1. The summed E-state index contributed by atoms with van der Waals surface area (Å²) in [4.78, 5) is 12.8. The maximum atomic E-state index is 12.8. The third-order valence-corrected chi connectivity index (χ3v) is 7.10. The second-order valence-electron chi connectivity index (χ2n) is 10.6. The van der Waals surface area contributed by atoms with Crippen molar-refractivity contribution in [3.05, 3.63) is 12.2 Å². The molecule has 5 nitrogen and oxygen atoms in total. The van der Waals surface area contributed by atoms with E-state index < -0.39 is 0 Å². The molecule has 0 aliphatic carbocycles. The van der Waals surface area contributed by atoms with Gasteiger partial charge in [0, 0.05) is 6.54 Å². The lowest BCUT2D eigenvalue weighted by molar-refractivity contribution is -0.149.